The Balaban J connectivity index is 1.34. The van der Waals surface area contributed by atoms with Crippen LogP contribution in [0, 0.1) is 5.82 Å². The largest absolute Gasteiger partial charge is 0.451 e. The molecule has 1 N–H and O–H groups in total. The van der Waals surface area contributed by atoms with Gasteiger partial charge in [-0.25, -0.2) is 13.9 Å². The average Bonchev–Trinajstić information content (AvgIpc) is 3.52. The fraction of sp³-hybridized carbons (Fsp3) is 0.261. The van der Waals surface area contributed by atoms with Gasteiger partial charge in [-0.1, -0.05) is 36.4 Å². The van der Waals surface area contributed by atoms with Crippen LogP contribution in [0.2, 0.25) is 0 Å². The minimum absolute atomic E-state index is 0.255. The number of aromatic nitrogens is 2. The third-order valence-corrected chi connectivity index (χ3v) is 4.94. The number of nitrogens with one attached hydrogen (secondary N) is 1. The maximum atomic E-state index is 13.6. The topological polar surface area (TPSA) is 73.2 Å². The van der Waals surface area contributed by atoms with E-state index in [1.165, 1.54) is 6.07 Å². The first-order valence-corrected chi connectivity index (χ1v) is 9.94. The zero-order valence-electron chi connectivity index (χ0n) is 16.4. The molecule has 4 rings (SSSR count). The Hall–Kier alpha value is -3.48. The molecule has 0 unspecified atom stereocenters. The van der Waals surface area contributed by atoms with Gasteiger partial charge in [0.1, 0.15) is 5.82 Å². The summed E-state index contributed by atoms with van der Waals surface area (Å²) in [5, 5.41) is 7.20. The van der Waals surface area contributed by atoms with Crippen LogP contribution in [0.15, 0.2) is 60.7 Å². The summed E-state index contributed by atoms with van der Waals surface area (Å²) >= 11 is 0. The predicted molar refractivity (Wildman–Crippen MR) is 109 cm³/mol. The molecule has 1 heterocycles. The summed E-state index contributed by atoms with van der Waals surface area (Å²) in [4.78, 5) is 24.7. The third-order valence-electron chi connectivity index (χ3n) is 4.94. The van der Waals surface area contributed by atoms with E-state index in [0.29, 0.717) is 23.6 Å². The van der Waals surface area contributed by atoms with E-state index in [2.05, 4.69) is 10.4 Å². The van der Waals surface area contributed by atoms with E-state index in [4.69, 9.17) is 4.74 Å². The summed E-state index contributed by atoms with van der Waals surface area (Å²) < 4.78 is 20.4. The molecule has 0 spiro atoms. The fourth-order valence-corrected chi connectivity index (χ4v) is 3.18. The first-order chi connectivity index (χ1) is 14.6. The number of rotatable bonds is 8. The van der Waals surface area contributed by atoms with Crippen LogP contribution < -0.4 is 5.32 Å². The lowest BCUT2D eigenvalue weighted by molar-refractivity contribution is -0.124. The molecule has 1 amide bonds. The molecular formula is C23H22FN3O3. The lowest BCUT2D eigenvalue weighted by atomic mass is 10.1. The minimum atomic E-state index is -0.609. The highest BCUT2D eigenvalue weighted by Crippen LogP contribution is 2.39. The van der Waals surface area contributed by atoms with Crippen molar-refractivity contribution in [1.29, 1.82) is 0 Å². The van der Waals surface area contributed by atoms with E-state index in [1.807, 2.05) is 30.3 Å². The van der Waals surface area contributed by atoms with E-state index in [0.717, 1.165) is 24.2 Å². The van der Waals surface area contributed by atoms with Crippen molar-refractivity contribution in [3.8, 4) is 5.69 Å². The van der Waals surface area contributed by atoms with Gasteiger partial charge in [0.15, 0.2) is 12.3 Å². The zero-order valence-corrected chi connectivity index (χ0v) is 16.4. The van der Waals surface area contributed by atoms with Crippen LogP contribution in [-0.2, 0) is 16.0 Å². The van der Waals surface area contributed by atoms with Crippen LogP contribution in [0.25, 0.3) is 5.69 Å². The van der Waals surface area contributed by atoms with Crippen molar-refractivity contribution >= 4 is 11.9 Å². The summed E-state index contributed by atoms with van der Waals surface area (Å²) in [6, 6.07) is 17.5. The summed E-state index contributed by atoms with van der Waals surface area (Å²) in [7, 11) is 0. The Bertz CT molecular complexity index is 1040. The molecule has 154 valence electrons. The third kappa shape index (κ3) is 4.74. The van der Waals surface area contributed by atoms with E-state index < -0.39 is 18.5 Å². The monoisotopic (exact) mass is 407 g/mol. The van der Waals surface area contributed by atoms with Crippen LogP contribution in [0.1, 0.15) is 40.5 Å². The molecule has 1 aromatic heterocycles. The molecule has 0 radical (unpaired) electrons. The molecule has 6 nitrogen and oxygen atoms in total. The van der Waals surface area contributed by atoms with Crippen LogP contribution in [0.5, 0.6) is 0 Å². The van der Waals surface area contributed by atoms with Crippen LogP contribution in [0.4, 0.5) is 4.39 Å². The van der Waals surface area contributed by atoms with Crippen molar-refractivity contribution in [3.05, 3.63) is 83.4 Å². The Morgan fingerprint density at radius 2 is 1.83 bits per heavy atom. The Morgan fingerprint density at radius 3 is 2.57 bits per heavy atom. The van der Waals surface area contributed by atoms with Crippen molar-refractivity contribution in [3.63, 3.8) is 0 Å². The van der Waals surface area contributed by atoms with Gasteiger partial charge < -0.3 is 10.1 Å². The lowest BCUT2D eigenvalue weighted by Crippen LogP contribution is -2.30. The summed E-state index contributed by atoms with van der Waals surface area (Å²) in [6.07, 6.45) is 2.48. The molecule has 0 aliphatic heterocycles. The first-order valence-electron chi connectivity index (χ1n) is 9.94. The van der Waals surface area contributed by atoms with Crippen LogP contribution >= 0.6 is 0 Å². The number of hydrogen-bond donors (Lipinski definition) is 1. The molecule has 0 saturated heterocycles. The highest BCUT2D eigenvalue weighted by molar-refractivity contribution is 5.90. The minimum Gasteiger partial charge on any atom is -0.451 e. The summed E-state index contributed by atoms with van der Waals surface area (Å²) in [5.74, 6) is -0.975. The van der Waals surface area contributed by atoms with Crippen LogP contribution in [-0.4, -0.2) is 34.8 Å². The summed E-state index contributed by atoms with van der Waals surface area (Å²) in [6.45, 7) is -0.153. The predicted octanol–water partition coefficient (Wildman–Crippen LogP) is 3.40. The van der Waals surface area contributed by atoms with Gasteiger partial charge in [0.05, 0.1) is 11.4 Å². The highest BCUT2D eigenvalue weighted by atomic mass is 19.1. The van der Waals surface area contributed by atoms with Gasteiger partial charge in [0, 0.05) is 12.5 Å². The van der Waals surface area contributed by atoms with Crippen molar-refractivity contribution in [2.24, 2.45) is 0 Å². The normalized spacial score (nSPS) is 13.1. The molecule has 0 atom stereocenters. The highest BCUT2D eigenvalue weighted by Gasteiger charge is 2.29. The molecule has 7 heteroatoms. The molecular weight excluding hydrogens is 385 g/mol. The number of hydrogen-bond acceptors (Lipinski definition) is 4. The van der Waals surface area contributed by atoms with Gasteiger partial charge in [-0.15, -0.1) is 0 Å². The molecule has 30 heavy (non-hydrogen) atoms. The van der Waals surface area contributed by atoms with Gasteiger partial charge in [-0.2, -0.15) is 5.10 Å². The van der Waals surface area contributed by atoms with E-state index in [9.17, 15) is 14.0 Å². The Labute approximate surface area is 173 Å². The summed E-state index contributed by atoms with van der Waals surface area (Å²) in [5.41, 5.74) is 2.43. The smallest absolute Gasteiger partial charge is 0.357 e. The number of carbonyl (C=O) groups is 2. The molecule has 3 aromatic rings. The van der Waals surface area contributed by atoms with E-state index in [1.54, 1.807) is 28.9 Å². The van der Waals surface area contributed by atoms with Gasteiger partial charge in [0.2, 0.25) is 0 Å². The van der Waals surface area contributed by atoms with E-state index in [-0.39, 0.29) is 12.4 Å². The second-order valence-electron chi connectivity index (χ2n) is 7.24. The molecule has 1 saturated carbocycles. The second kappa shape index (κ2) is 8.90. The van der Waals surface area contributed by atoms with E-state index >= 15 is 0 Å². The van der Waals surface area contributed by atoms with Crippen LogP contribution in [0.3, 0.4) is 0 Å². The first kappa shape index (κ1) is 19.8. The number of nitrogens with zero attached hydrogens (tertiary/aromatic N) is 2. The van der Waals surface area contributed by atoms with Crippen molar-refractivity contribution < 1.29 is 18.7 Å². The average molecular weight is 407 g/mol. The maximum Gasteiger partial charge on any atom is 0.357 e. The maximum absolute atomic E-state index is 13.6. The number of benzene rings is 2. The molecule has 2 aromatic carbocycles. The van der Waals surface area contributed by atoms with Gasteiger partial charge in [-0.3, -0.25) is 4.79 Å². The number of halogens is 1. The molecule has 1 fully saturated rings. The molecule has 1 aliphatic carbocycles. The number of esters is 1. The number of ether oxygens (including phenoxy) is 1. The molecule has 0 bridgehead atoms. The zero-order chi connectivity index (χ0) is 20.9. The molecule has 1 aliphatic rings. The van der Waals surface area contributed by atoms with Gasteiger partial charge in [0.25, 0.3) is 5.91 Å². The SMILES string of the molecule is O=C(COC(=O)c1cc(C2CC2)nn1-c1ccccc1)NCCc1ccccc1F. The quantitative estimate of drug-likeness (QED) is 0.581. The van der Waals surface area contributed by atoms with Crippen molar-refractivity contribution in [2.75, 3.05) is 13.2 Å². The number of carbonyl (C=O) groups excluding carboxylic acids is 2. The van der Waals surface area contributed by atoms with Crippen molar-refractivity contribution in [2.45, 2.75) is 25.2 Å². The van der Waals surface area contributed by atoms with Crippen molar-refractivity contribution in [1.82, 2.24) is 15.1 Å². The Kier molecular flexibility index (Phi) is 5.88. The number of para-hydroxylation sites is 1. The van der Waals surface area contributed by atoms with Gasteiger partial charge in [-0.05, 0) is 49.1 Å². The second-order valence-corrected chi connectivity index (χ2v) is 7.24. The fourth-order valence-electron chi connectivity index (χ4n) is 3.18. The lowest BCUT2D eigenvalue weighted by Gasteiger charge is -2.09. The Morgan fingerprint density at radius 1 is 1.10 bits per heavy atom. The van der Waals surface area contributed by atoms with Gasteiger partial charge >= 0.3 is 5.97 Å². The standard InChI is InChI=1S/C23H22FN3O3/c24-19-9-5-4-6-16(19)12-13-25-22(28)15-30-23(29)21-14-20(17-10-11-17)26-27(21)18-7-2-1-3-8-18/h1-9,14,17H,10-13,15H2,(H,25,28). The number of amides is 1.